The summed E-state index contributed by atoms with van der Waals surface area (Å²) in [4.78, 5) is 28.2. The second kappa shape index (κ2) is 12.5. The lowest BCUT2D eigenvalue weighted by molar-refractivity contribution is -0.141. The molecule has 9 heteroatoms. The third kappa shape index (κ3) is 7.29. The number of nitrogens with zero attached hydrogens (tertiary/aromatic N) is 2. The van der Waals surface area contributed by atoms with Crippen LogP contribution < -0.4 is 5.32 Å². The Balaban J connectivity index is 1.78. The lowest BCUT2D eigenvalue weighted by Gasteiger charge is -2.32. The zero-order valence-corrected chi connectivity index (χ0v) is 21.9. The molecule has 1 aliphatic carbocycles. The monoisotopic (exact) mass is 519 g/mol. The summed E-state index contributed by atoms with van der Waals surface area (Å²) in [5.41, 5.74) is 1.04. The van der Waals surface area contributed by atoms with Crippen LogP contribution in [0, 0.1) is 0 Å². The molecule has 0 spiro atoms. The van der Waals surface area contributed by atoms with Gasteiger partial charge in [0.1, 0.15) is 6.04 Å². The van der Waals surface area contributed by atoms with Gasteiger partial charge in [-0.05, 0) is 55.5 Å². The molecule has 7 nitrogen and oxygen atoms in total. The lowest BCUT2D eigenvalue weighted by Crippen LogP contribution is -2.54. The SMILES string of the molecule is CC[C@@H](C(=O)NC1CCCC1)N(CCc1ccccc1)C(=O)CN(C)S(=O)(=O)c1ccc(Cl)cc1. The van der Waals surface area contributed by atoms with Crippen molar-refractivity contribution in [2.75, 3.05) is 20.1 Å². The molecule has 1 saturated carbocycles. The minimum atomic E-state index is -3.90. The fourth-order valence-electron chi connectivity index (χ4n) is 4.42. The Morgan fingerprint density at radius 3 is 2.29 bits per heavy atom. The minimum absolute atomic E-state index is 0.0547. The van der Waals surface area contributed by atoms with Gasteiger partial charge in [-0.2, -0.15) is 4.31 Å². The van der Waals surface area contributed by atoms with Crippen molar-refractivity contribution >= 4 is 33.4 Å². The van der Waals surface area contributed by atoms with E-state index in [1.807, 2.05) is 37.3 Å². The molecule has 0 radical (unpaired) electrons. The number of carbonyl (C=O) groups is 2. The molecular formula is C26H34ClN3O4S. The van der Waals surface area contributed by atoms with Crippen LogP contribution in [0.5, 0.6) is 0 Å². The van der Waals surface area contributed by atoms with Gasteiger partial charge in [-0.3, -0.25) is 9.59 Å². The first kappa shape index (κ1) is 27.2. The Labute approximate surface area is 213 Å². The van der Waals surface area contributed by atoms with E-state index in [0.717, 1.165) is 35.6 Å². The molecule has 1 aliphatic rings. The van der Waals surface area contributed by atoms with Gasteiger partial charge in [0.05, 0.1) is 11.4 Å². The Kier molecular flexibility index (Phi) is 9.71. The van der Waals surface area contributed by atoms with Crippen molar-refractivity contribution < 1.29 is 18.0 Å². The first-order valence-corrected chi connectivity index (χ1v) is 13.9. The quantitative estimate of drug-likeness (QED) is 0.488. The minimum Gasteiger partial charge on any atom is -0.352 e. The second-order valence-electron chi connectivity index (χ2n) is 8.95. The Hall–Kier alpha value is -2.42. The normalized spacial score (nSPS) is 15.2. The number of hydrogen-bond acceptors (Lipinski definition) is 4. The summed E-state index contributed by atoms with van der Waals surface area (Å²) in [5, 5.41) is 3.53. The highest BCUT2D eigenvalue weighted by Gasteiger charge is 2.32. The number of likely N-dealkylation sites (N-methyl/N-ethyl adjacent to an activating group) is 1. The van der Waals surface area contributed by atoms with Crippen LogP contribution in [-0.4, -0.2) is 61.7 Å². The summed E-state index contributed by atoms with van der Waals surface area (Å²) in [5.74, 6) is -0.585. The highest BCUT2D eigenvalue weighted by atomic mass is 35.5. The zero-order chi connectivity index (χ0) is 25.4. The van der Waals surface area contributed by atoms with Gasteiger partial charge >= 0.3 is 0 Å². The Bertz CT molecular complexity index is 1090. The second-order valence-corrected chi connectivity index (χ2v) is 11.4. The summed E-state index contributed by atoms with van der Waals surface area (Å²) in [6.45, 7) is 1.82. The van der Waals surface area contributed by atoms with Gasteiger partial charge in [0.2, 0.25) is 21.8 Å². The van der Waals surface area contributed by atoms with Gasteiger partial charge in [0.25, 0.3) is 0 Å². The van der Waals surface area contributed by atoms with Gasteiger partial charge < -0.3 is 10.2 Å². The van der Waals surface area contributed by atoms with E-state index in [1.54, 1.807) is 0 Å². The number of amides is 2. The van der Waals surface area contributed by atoms with Crippen LogP contribution in [0.4, 0.5) is 0 Å². The summed E-state index contributed by atoms with van der Waals surface area (Å²) in [7, 11) is -2.52. The van der Waals surface area contributed by atoms with Crippen molar-refractivity contribution in [3.05, 3.63) is 65.2 Å². The summed E-state index contributed by atoms with van der Waals surface area (Å²) >= 11 is 5.89. The van der Waals surface area contributed by atoms with Crippen molar-refractivity contribution in [1.82, 2.24) is 14.5 Å². The van der Waals surface area contributed by atoms with Gasteiger partial charge in [-0.15, -0.1) is 0 Å². The predicted molar refractivity (Wildman–Crippen MR) is 138 cm³/mol. The highest BCUT2D eigenvalue weighted by Crippen LogP contribution is 2.20. The average Bonchev–Trinajstić information content (AvgIpc) is 3.35. The third-order valence-corrected chi connectivity index (χ3v) is 8.52. The first-order chi connectivity index (χ1) is 16.7. The number of halogens is 1. The van der Waals surface area contributed by atoms with Crippen LogP contribution in [0.3, 0.4) is 0 Å². The number of hydrogen-bond donors (Lipinski definition) is 1. The van der Waals surface area contributed by atoms with Crippen LogP contribution in [0.15, 0.2) is 59.5 Å². The fourth-order valence-corrected chi connectivity index (χ4v) is 5.66. The molecule has 0 saturated heterocycles. The molecule has 190 valence electrons. The maximum Gasteiger partial charge on any atom is 0.243 e. The maximum absolute atomic E-state index is 13.5. The molecule has 0 aromatic heterocycles. The van der Waals surface area contributed by atoms with Crippen LogP contribution in [-0.2, 0) is 26.0 Å². The van der Waals surface area contributed by atoms with Crippen molar-refractivity contribution in [2.45, 2.75) is 62.4 Å². The van der Waals surface area contributed by atoms with E-state index in [-0.39, 0.29) is 23.4 Å². The summed E-state index contributed by atoms with van der Waals surface area (Å²) in [6, 6.07) is 15.0. The molecule has 0 aliphatic heterocycles. The molecule has 35 heavy (non-hydrogen) atoms. The van der Waals surface area contributed by atoms with E-state index < -0.39 is 22.0 Å². The Morgan fingerprint density at radius 2 is 1.69 bits per heavy atom. The van der Waals surface area contributed by atoms with E-state index in [2.05, 4.69) is 5.32 Å². The number of benzene rings is 2. The van der Waals surface area contributed by atoms with Gasteiger partial charge in [-0.25, -0.2) is 8.42 Å². The molecule has 0 heterocycles. The molecule has 2 amide bonds. The van der Waals surface area contributed by atoms with Crippen molar-refractivity contribution in [3.63, 3.8) is 0 Å². The lowest BCUT2D eigenvalue weighted by atomic mass is 10.1. The average molecular weight is 520 g/mol. The van der Waals surface area contributed by atoms with Crippen molar-refractivity contribution in [1.29, 1.82) is 0 Å². The predicted octanol–water partition coefficient (Wildman–Crippen LogP) is 3.87. The standard InChI is InChI=1S/C26H34ClN3O4S/c1-3-24(26(32)28-22-11-7-8-12-22)30(18-17-20-9-5-4-6-10-20)25(31)19-29(2)35(33,34)23-15-13-21(27)14-16-23/h4-6,9-10,13-16,22,24H,3,7-8,11-12,17-19H2,1-2H3,(H,28,32)/t24-/m0/s1. The third-order valence-electron chi connectivity index (χ3n) is 6.45. The Morgan fingerprint density at radius 1 is 1.06 bits per heavy atom. The molecule has 2 aromatic carbocycles. The smallest absolute Gasteiger partial charge is 0.243 e. The molecule has 2 aromatic rings. The number of carbonyl (C=O) groups excluding carboxylic acids is 2. The van der Waals surface area contributed by atoms with Gasteiger partial charge in [0.15, 0.2) is 0 Å². The maximum atomic E-state index is 13.5. The topological polar surface area (TPSA) is 86.8 Å². The van der Waals surface area contributed by atoms with Gasteiger partial charge in [-0.1, -0.05) is 61.7 Å². The van der Waals surface area contributed by atoms with Crippen molar-refractivity contribution in [2.24, 2.45) is 0 Å². The number of rotatable bonds is 11. The largest absolute Gasteiger partial charge is 0.352 e. The van der Waals surface area contributed by atoms with E-state index in [1.165, 1.54) is 36.2 Å². The molecule has 1 fully saturated rings. The van der Waals surface area contributed by atoms with Crippen LogP contribution >= 0.6 is 11.6 Å². The molecule has 0 bridgehead atoms. The van der Waals surface area contributed by atoms with E-state index in [0.29, 0.717) is 24.4 Å². The highest BCUT2D eigenvalue weighted by molar-refractivity contribution is 7.89. The summed E-state index contributed by atoms with van der Waals surface area (Å²) in [6.07, 6.45) is 5.07. The van der Waals surface area contributed by atoms with Crippen LogP contribution in [0.2, 0.25) is 5.02 Å². The fraction of sp³-hybridized carbons (Fsp3) is 0.462. The van der Waals surface area contributed by atoms with E-state index >= 15 is 0 Å². The van der Waals surface area contributed by atoms with E-state index in [4.69, 9.17) is 11.6 Å². The molecular weight excluding hydrogens is 486 g/mol. The van der Waals surface area contributed by atoms with Crippen LogP contribution in [0.1, 0.15) is 44.6 Å². The van der Waals surface area contributed by atoms with Crippen molar-refractivity contribution in [3.8, 4) is 0 Å². The number of sulfonamides is 1. The summed E-state index contributed by atoms with van der Waals surface area (Å²) < 4.78 is 27.1. The zero-order valence-electron chi connectivity index (χ0n) is 20.3. The van der Waals surface area contributed by atoms with Crippen LogP contribution in [0.25, 0.3) is 0 Å². The molecule has 0 unspecified atom stereocenters. The first-order valence-electron chi connectivity index (χ1n) is 12.1. The molecule has 3 rings (SSSR count). The number of nitrogens with one attached hydrogen (secondary N) is 1. The molecule has 1 N–H and O–H groups in total. The van der Waals surface area contributed by atoms with E-state index in [9.17, 15) is 18.0 Å². The molecule has 1 atom stereocenters. The van der Waals surface area contributed by atoms with Gasteiger partial charge in [0, 0.05) is 24.7 Å².